The molecule has 1 atom stereocenters. The summed E-state index contributed by atoms with van der Waals surface area (Å²) in [5.41, 5.74) is 1.18. The highest BCUT2D eigenvalue weighted by atomic mass is 32.1. The highest BCUT2D eigenvalue weighted by molar-refractivity contribution is 7.10. The van der Waals surface area contributed by atoms with Crippen molar-refractivity contribution in [2.24, 2.45) is 0 Å². The Morgan fingerprint density at radius 2 is 1.96 bits per heavy atom. The van der Waals surface area contributed by atoms with E-state index >= 15 is 0 Å². The molecule has 25 heavy (non-hydrogen) atoms. The Kier molecular flexibility index (Phi) is 4.21. The van der Waals surface area contributed by atoms with Gasteiger partial charge in [0.2, 0.25) is 0 Å². The number of benzene rings is 1. The van der Waals surface area contributed by atoms with Gasteiger partial charge in [0.05, 0.1) is 11.4 Å². The van der Waals surface area contributed by atoms with Crippen LogP contribution in [0, 0.1) is 0 Å². The van der Waals surface area contributed by atoms with E-state index in [2.05, 4.69) is 5.32 Å². The minimum atomic E-state index is -0.410. The summed E-state index contributed by atoms with van der Waals surface area (Å²) in [5, 5.41) is 9.38. The van der Waals surface area contributed by atoms with Gasteiger partial charge in [0.15, 0.2) is 11.2 Å². The smallest absolute Gasteiger partial charge is 0.287 e. The molecule has 0 unspecified atom stereocenters. The molecule has 0 spiro atoms. The van der Waals surface area contributed by atoms with E-state index in [9.17, 15) is 9.59 Å². The number of amides is 1. The normalized spacial score (nSPS) is 12.2. The van der Waals surface area contributed by atoms with Crippen LogP contribution in [0.15, 0.2) is 73.9 Å². The van der Waals surface area contributed by atoms with Crippen molar-refractivity contribution < 1.29 is 9.21 Å². The standard InChI is InChI=1S/C19H13NO3S2/c21-14-10-16(23-15-5-2-1-4-13(14)15)19(22)20-18(12-7-9-24-11-12)17-6-3-8-25-17/h1-11,18H,(H,20,22)/t18-/m0/s1. The van der Waals surface area contributed by atoms with Crippen LogP contribution in [0.2, 0.25) is 0 Å². The summed E-state index contributed by atoms with van der Waals surface area (Å²) in [6.07, 6.45) is 0. The maximum atomic E-state index is 12.7. The number of thiophene rings is 2. The molecule has 3 aromatic heterocycles. The first-order valence-corrected chi connectivity index (χ1v) is 9.44. The third-order valence-corrected chi connectivity index (χ3v) is 5.48. The van der Waals surface area contributed by atoms with E-state index in [0.717, 1.165) is 10.4 Å². The van der Waals surface area contributed by atoms with E-state index < -0.39 is 5.91 Å². The molecule has 4 aromatic rings. The van der Waals surface area contributed by atoms with Crippen LogP contribution in [-0.2, 0) is 0 Å². The zero-order valence-corrected chi connectivity index (χ0v) is 14.6. The molecule has 3 heterocycles. The average Bonchev–Trinajstić information content (AvgIpc) is 3.33. The molecule has 0 aliphatic heterocycles. The molecule has 0 aliphatic rings. The number of hydrogen-bond donors (Lipinski definition) is 1. The summed E-state index contributed by atoms with van der Waals surface area (Å²) in [6.45, 7) is 0. The fourth-order valence-corrected chi connectivity index (χ4v) is 4.12. The molecule has 0 bridgehead atoms. The molecular weight excluding hydrogens is 354 g/mol. The van der Waals surface area contributed by atoms with Crippen molar-refractivity contribution in [1.82, 2.24) is 5.32 Å². The quantitative estimate of drug-likeness (QED) is 0.580. The molecule has 4 rings (SSSR count). The first-order valence-electron chi connectivity index (χ1n) is 7.61. The first kappa shape index (κ1) is 15.8. The Hall–Kier alpha value is -2.70. The van der Waals surface area contributed by atoms with Crippen molar-refractivity contribution in [1.29, 1.82) is 0 Å². The van der Waals surface area contributed by atoms with Gasteiger partial charge >= 0.3 is 0 Å². The van der Waals surface area contributed by atoms with E-state index in [-0.39, 0.29) is 17.2 Å². The highest BCUT2D eigenvalue weighted by Gasteiger charge is 2.21. The molecule has 4 nitrogen and oxygen atoms in total. The lowest BCUT2D eigenvalue weighted by Gasteiger charge is -2.16. The van der Waals surface area contributed by atoms with E-state index in [1.165, 1.54) is 6.07 Å². The third-order valence-electron chi connectivity index (χ3n) is 3.84. The highest BCUT2D eigenvalue weighted by Crippen LogP contribution is 2.28. The number of para-hydroxylation sites is 1. The van der Waals surface area contributed by atoms with Gasteiger partial charge in [0.25, 0.3) is 5.91 Å². The van der Waals surface area contributed by atoms with Crippen molar-refractivity contribution in [2.45, 2.75) is 6.04 Å². The Morgan fingerprint density at radius 1 is 1.08 bits per heavy atom. The predicted molar refractivity (Wildman–Crippen MR) is 100 cm³/mol. The Balaban J connectivity index is 1.69. The van der Waals surface area contributed by atoms with Crippen molar-refractivity contribution in [2.75, 3.05) is 0 Å². The zero-order valence-electron chi connectivity index (χ0n) is 13.0. The predicted octanol–water partition coefficient (Wildman–Crippen LogP) is 4.44. The minimum absolute atomic E-state index is 0.0143. The van der Waals surface area contributed by atoms with Gasteiger partial charge in [-0.05, 0) is 46.0 Å². The van der Waals surface area contributed by atoms with E-state index in [4.69, 9.17) is 4.42 Å². The lowest BCUT2D eigenvalue weighted by molar-refractivity contribution is 0.0916. The Bertz CT molecular complexity index is 1030. The maximum Gasteiger partial charge on any atom is 0.287 e. The number of carbonyl (C=O) groups is 1. The largest absolute Gasteiger partial charge is 0.451 e. The van der Waals surface area contributed by atoms with Crippen LogP contribution >= 0.6 is 22.7 Å². The lowest BCUT2D eigenvalue weighted by Crippen LogP contribution is -2.29. The summed E-state index contributed by atoms with van der Waals surface area (Å²) in [4.78, 5) is 25.9. The van der Waals surface area contributed by atoms with Crippen LogP contribution in [0.5, 0.6) is 0 Å². The maximum absolute atomic E-state index is 12.7. The minimum Gasteiger partial charge on any atom is -0.451 e. The van der Waals surface area contributed by atoms with Crippen molar-refractivity contribution in [3.8, 4) is 0 Å². The second-order valence-corrected chi connectivity index (χ2v) is 7.21. The topological polar surface area (TPSA) is 59.3 Å². The molecule has 6 heteroatoms. The van der Waals surface area contributed by atoms with Gasteiger partial charge in [-0.2, -0.15) is 11.3 Å². The molecule has 0 aliphatic carbocycles. The molecule has 1 aromatic carbocycles. The third kappa shape index (κ3) is 3.14. The van der Waals surface area contributed by atoms with Crippen LogP contribution in [0.25, 0.3) is 11.0 Å². The number of carbonyl (C=O) groups excluding carboxylic acids is 1. The summed E-state index contributed by atoms with van der Waals surface area (Å²) < 4.78 is 5.63. The lowest BCUT2D eigenvalue weighted by atomic mass is 10.1. The first-order chi connectivity index (χ1) is 12.2. The van der Waals surface area contributed by atoms with Crippen molar-refractivity contribution in [3.63, 3.8) is 0 Å². The molecular formula is C19H13NO3S2. The number of nitrogens with one attached hydrogen (secondary N) is 1. The second-order valence-electron chi connectivity index (χ2n) is 5.45. The van der Waals surface area contributed by atoms with Crippen LogP contribution < -0.4 is 10.7 Å². The van der Waals surface area contributed by atoms with E-state index in [1.54, 1.807) is 46.9 Å². The van der Waals surface area contributed by atoms with Gasteiger partial charge in [-0.25, -0.2) is 0 Å². The van der Waals surface area contributed by atoms with Gasteiger partial charge in [-0.1, -0.05) is 18.2 Å². The van der Waals surface area contributed by atoms with Crippen LogP contribution in [0.3, 0.4) is 0 Å². The van der Waals surface area contributed by atoms with Gasteiger partial charge in [0, 0.05) is 10.9 Å². The second kappa shape index (κ2) is 6.66. The Labute approximate surface area is 151 Å². The molecule has 124 valence electrons. The number of rotatable bonds is 4. The summed E-state index contributed by atoms with van der Waals surface area (Å²) in [6, 6.07) is 13.8. The Morgan fingerprint density at radius 3 is 2.72 bits per heavy atom. The van der Waals surface area contributed by atoms with Crippen molar-refractivity contribution >= 4 is 39.5 Å². The zero-order chi connectivity index (χ0) is 17.2. The molecule has 0 saturated heterocycles. The molecule has 0 fully saturated rings. The molecule has 0 radical (unpaired) electrons. The average molecular weight is 367 g/mol. The molecule has 0 saturated carbocycles. The van der Waals surface area contributed by atoms with E-state index in [0.29, 0.717) is 11.0 Å². The van der Waals surface area contributed by atoms with Crippen molar-refractivity contribution in [3.05, 3.63) is 91.1 Å². The molecule has 1 N–H and O–H groups in total. The van der Waals surface area contributed by atoms with Gasteiger partial charge in [-0.15, -0.1) is 11.3 Å². The fraction of sp³-hybridized carbons (Fsp3) is 0.0526. The van der Waals surface area contributed by atoms with Crippen LogP contribution in [0.4, 0.5) is 0 Å². The van der Waals surface area contributed by atoms with Crippen LogP contribution in [-0.4, -0.2) is 5.91 Å². The van der Waals surface area contributed by atoms with Gasteiger partial charge in [0.1, 0.15) is 5.58 Å². The number of fused-ring (bicyclic) bond motifs is 1. The fourth-order valence-electron chi connectivity index (χ4n) is 2.63. The van der Waals surface area contributed by atoms with Crippen LogP contribution in [0.1, 0.15) is 27.0 Å². The van der Waals surface area contributed by atoms with E-state index in [1.807, 2.05) is 34.3 Å². The summed E-state index contributed by atoms with van der Waals surface area (Å²) in [7, 11) is 0. The van der Waals surface area contributed by atoms with Gasteiger partial charge in [-0.3, -0.25) is 9.59 Å². The molecule has 1 amide bonds. The monoisotopic (exact) mass is 367 g/mol. The summed E-state index contributed by atoms with van der Waals surface area (Å²) >= 11 is 3.14. The summed E-state index contributed by atoms with van der Waals surface area (Å²) in [5.74, 6) is -0.395. The SMILES string of the molecule is O=C(N[C@@H](c1ccsc1)c1cccs1)c1cc(=O)c2ccccc2o1. The number of hydrogen-bond acceptors (Lipinski definition) is 5. The van der Waals surface area contributed by atoms with Gasteiger partial charge < -0.3 is 9.73 Å².